The van der Waals surface area contributed by atoms with Gasteiger partial charge >= 0.3 is 0 Å². The van der Waals surface area contributed by atoms with E-state index in [1.807, 2.05) is 24.3 Å². The van der Waals surface area contributed by atoms with Crippen LogP contribution in [0.3, 0.4) is 0 Å². The van der Waals surface area contributed by atoms with E-state index in [0.29, 0.717) is 36.7 Å². The molecule has 0 atom stereocenters. The maximum Gasteiger partial charge on any atom is 0.233 e. The summed E-state index contributed by atoms with van der Waals surface area (Å²) in [5, 5.41) is 9.10. The topological polar surface area (TPSA) is 104 Å². The molecule has 0 bridgehead atoms. The van der Waals surface area contributed by atoms with Gasteiger partial charge in [0.1, 0.15) is 5.75 Å². The Kier molecular flexibility index (Phi) is 6.24. The van der Waals surface area contributed by atoms with Gasteiger partial charge in [0.2, 0.25) is 23.8 Å². The van der Waals surface area contributed by atoms with E-state index in [4.69, 9.17) is 4.74 Å². The van der Waals surface area contributed by atoms with Gasteiger partial charge in [-0.15, -0.1) is 0 Å². The smallest absolute Gasteiger partial charge is 0.233 e. The first-order valence-corrected chi connectivity index (χ1v) is 9.05. The van der Waals surface area contributed by atoms with Gasteiger partial charge in [0.15, 0.2) is 0 Å². The summed E-state index contributed by atoms with van der Waals surface area (Å²) in [6.45, 7) is 4.38. The number of methoxy groups -OCH3 is 1. The van der Waals surface area contributed by atoms with E-state index in [1.54, 1.807) is 7.11 Å². The largest absolute Gasteiger partial charge is 0.495 e. The lowest BCUT2D eigenvalue weighted by Crippen LogP contribution is -2.27. The minimum atomic E-state index is -0.0660. The molecular weight excluding hydrogens is 346 g/mol. The summed E-state index contributed by atoms with van der Waals surface area (Å²) in [4.78, 5) is 26.7. The van der Waals surface area contributed by atoms with Gasteiger partial charge in [0.25, 0.3) is 0 Å². The summed E-state index contributed by atoms with van der Waals surface area (Å²) in [7, 11) is 1.62. The molecule has 0 aliphatic carbocycles. The van der Waals surface area contributed by atoms with Crippen LogP contribution >= 0.6 is 0 Å². The highest BCUT2D eigenvalue weighted by molar-refractivity contribution is 5.72. The van der Waals surface area contributed by atoms with Gasteiger partial charge in [-0.05, 0) is 25.0 Å². The second-order valence-corrected chi connectivity index (χ2v) is 6.21. The van der Waals surface area contributed by atoms with Crippen LogP contribution in [0.4, 0.5) is 23.5 Å². The molecule has 144 valence electrons. The molecule has 9 nitrogen and oxygen atoms in total. The van der Waals surface area contributed by atoms with Crippen LogP contribution in [0.2, 0.25) is 0 Å². The first kappa shape index (κ1) is 18.7. The molecule has 1 fully saturated rings. The lowest BCUT2D eigenvalue weighted by atomic mass is 10.3. The van der Waals surface area contributed by atoms with Crippen molar-refractivity contribution in [3.8, 4) is 5.75 Å². The van der Waals surface area contributed by atoms with Crippen molar-refractivity contribution < 1.29 is 9.53 Å². The Morgan fingerprint density at radius 1 is 1.11 bits per heavy atom. The molecule has 3 rings (SSSR count). The van der Waals surface area contributed by atoms with Crippen LogP contribution in [-0.2, 0) is 4.79 Å². The fourth-order valence-corrected chi connectivity index (χ4v) is 2.84. The van der Waals surface area contributed by atoms with Gasteiger partial charge in [-0.1, -0.05) is 12.1 Å². The first-order chi connectivity index (χ1) is 13.2. The molecule has 2 aromatic rings. The van der Waals surface area contributed by atoms with E-state index in [2.05, 4.69) is 35.8 Å². The molecule has 0 radical (unpaired) electrons. The predicted molar refractivity (Wildman–Crippen MR) is 105 cm³/mol. The molecule has 1 saturated heterocycles. The highest BCUT2D eigenvalue weighted by Crippen LogP contribution is 2.27. The highest BCUT2D eigenvalue weighted by atomic mass is 16.5. The minimum absolute atomic E-state index is 0.0660. The number of hydrogen-bond donors (Lipinski definition) is 3. The van der Waals surface area contributed by atoms with Crippen molar-refractivity contribution in [3.63, 3.8) is 0 Å². The lowest BCUT2D eigenvalue weighted by molar-refractivity contribution is -0.118. The molecule has 9 heteroatoms. The van der Waals surface area contributed by atoms with Crippen molar-refractivity contribution in [3.05, 3.63) is 24.3 Å². The van der Waals surface area contributed by atoms with Gasteiger partial charge in [0.05, 0.1) is 12.8 Å². The summed E-state index contributed by atoms with van der Waals surface area (Å²) >= 11 is 0. The molecule has 1 aromatic carbocycles. The van der Waals surface area contributed by atoms with E-state index in [-0.39, 0.29) is 5.91 Å². The summed E-state index contributed by atoms with van der Waals surface area (Å²) in [6.07, 6.45) is 2.26. The SMILES string of the molecule is COc1ccccc1Nc1nc(NCCNC(C)=O)nc(N2CCCC2)n1. The van der Waals surface area contributed by atoms with E-state index >= 15 is 0 Å². The number of amides is 1. The standard InChI is InChI=1S/C18H25N7O2/c1-13(26)19-9-10-20-16-22-17(21-14-7-3-4-8-15(14)27-2)24-18(23-16)25-11-5-6-12-25/h3-4,7-8H,5-6,9-12H2,1-2H3,(H,19,26)(H2,20,21,22,23,24). The fraction of sp³-hybridized carbons (Fsp3) is 0.444. The maximum atomic E-state index is 11.0. The van der Waals surface area contributed by atoms with Crippen LogP contribution in [0.1, 0.15) is 19.8 Å². The number of hydrogen-bond acceptors (Lipinski definition) is 8. The summed E-state index contributed by atoms with van der Waals surface area (Å²) in [5.74, 6) is 2.19. The van der Waals surface area contributed by atoms with Crippen molar-refractivity contribution in [2.24, 2.45) is 0 Å². The summed E-state index contributed by atoms with van der Waals surface area (Å²) in [6, 6.07) is 7.60. The lowest BCUT2D eigenvalue weighted by Gasteiger charge is -2.18. The average Bonchev–Trinajstić information content (AvgIpc) is 3.20. The van der Waals surface area contributed by atoms with Crippen molar-refractivity contribution in [1.82, 2.24) is 20.3 Å². The predicted octanol–water partition coefficient (Wildman–Crippen LogP) is 1.77. The first-order valence-electron chi connectivity index (χ1n) is 9.05. The average molecular weight is 371 g/mol. The van der Waals surface area contributed by atoms with Crippen molar-refractivity contribution in [2.75, 3.05) is 48.8 Å². The zero-order valence-corrected chi connectivity index (χ0v) is 15.7. The minimum Gasteiger partial charge on any atom is -0.495 e. The van der Waals surface area contributed by atoms with Gasteiger partial charge in [-0.2, -0.15) is 15.0 Å². The fourth-order valence-electron chi connectivity index (χ4n) is 2.84. The van der Waals surface area contributed by atoms with Gasteiger partial charge in [-0.3, -0.25) is 4.79 Å². The van der Waals surface area contributed by atoms with Crippen LogP contribution < -0.4 is 25.6 Å². The van der Waals surface area contributed by atoms with E-state index in [9.17, 15) is 4.79 Å². The van der Waals surface area contributed by atoms with E-state index in [0.717, 1.165) is 31.6 Å². The maximum absolute atomic E-state index is 11.0. The third-order valence-electron chi connectivity index (χ3n) is 4.15. The van der Waals surface area contributed by atoms with Gasteiger partial charge < -0.3 is 25.6 Å². The zero-order valence-electron chi connectivity index (χ0n) is 15.7. The zero-order chi connectivity index (χ0) is 19.1. The normalized spacial score (nSPS) is 13.3. The quantitative estimate of drug-likeness (QED) is 0.603. The molecule has 1 amide bonds. The molecule has 3 N–H and O–H groups in total. The molecule has 1 aliphatic heterocycles. The monoisotopic (exact) mass is 371 g/mol. The number of benzene rings is 1. The Morgan fingerprint density at radius 3 is 2.59 bits per heavy atom. The Morgan fingerprint density at radius 2 is 1.85 bits per heavy atom. The number of rotatable bonds is 8. The summed E-state index contributed by atoms with van der Waals surface area (Å²) in [5.41, 5.74) is 0.780. The number of ether oxygens (including phenoxy) is 1. The van der Waals surface area contributed by atoms with Crippen LogP contribution in [0.5, 0.6) is 5.75 Å². The highest BCUT2D eigenvalue weighted by Gasteiger charge is 2.18. The number of para-hydroxylation sites is 2. The van der Waals surface area contributed by atoms with Crippen molar-refractivity contribution in [1.29, 1.82) is 0 Å². The third kappa shape index (κ3) is 5.19. The molecule has 0 unspecified atom stereocenters. The number of carbonyl (C=O) groups excluding carboxylic acids is 1. The molecule has 0 spiro atoms. The molecule has 0 saturated carbocycles. The Hall–Kier alpha value is -3.10. The molecular formula is C18H25N7O2. The molecule has 1 aliphatic rings. The second-order valence-electron chi connectivity index (χ2n) is 6.21. The molecule has 2 heterocycles. The summed E-state index contributed by atoms with van der Waals surface area (Å²) < 4.78 is 5.38. The Bertz CT molecular complexity index is 778. The van der Waals surface area contributed by atoms with Crippen LogP contribution in [0.15, 0.2) is 24.3 Å². The molecule has 1 aromatic heterocycles. The number of anilines is 4. The Balaban J connectivity index is 1.79. The van der Waals surface area contributed by atoms with Crippen molar-refractivity contribution in [2.45, 2.75) is 19.8 Å². The number of carbonyl (C=O) groups is 1. The van der Waals surface area contributed by atoms with E-state index in [1.165, 1.54) is 6.92 Å². The third-order valence-corrected chi connectivity index (χ3v) is 4.15. The van der Waals surface area contributed by atoms with Crippen LogP contribution in [0, 0.1) is 0 Å². The number of aromatic nitrogens is 3. The number of nitrogens with zero attached hydrogens (tertiary/aromatic N) is 4. The van der Waals surface area contributed by atoms with Crippen molar-refractivity contribution >= 4 is 29.4 Å². The van der Waals surface area contributed by atoms with Gasteiger partial charge in [0, 0.05) is 33.1 Å². The van der Waals surface area contributed by atoms with Gasteiger partial charge in [-0.25, -0.2) is 0 Å². The van der Waals surface area contributed by atoms with E-state index < -0.39 is 0 Å². The number of nitrogens with one attached hydrogen (secondary N) is 3. The van der Waals surface area contributed by atoms with Crippen LogP contribution in [0.25, 0.3) is 0 Å². The second kappa shape index (κ2) is 9.02. The molecule has 27 heavy (non-hydrogen) atoms. The Labute approximate surface area is 158 Å². The van der Waals surface area contributed by atoms with Crippen LogP contribution in [-0.4, -0.2) is 54.1 Å².